The first-order valence-electron chi connectivity index (χ1n) is 7.14. The van der Waals surface area contributed by atoms with Crippen LogP contribution in [0.3, 0.4) is 0 Å². The second-order valence-electron chi connectivity index (χ2n) is 5.35. The predicted molar refractivity (Wildman–Crippen MR) is 90.1 cm³/mol. The monoisotopic (exact) mass is 366 g/mol. The molecule has 0 spiro atoms. The van der Waals surface area contributed by atoms with E-state index < -0.39 is 0 Å². The van der Waals surface area contributed by atoms with Crippen LogP contribution in [0.1, 0.15) is 26.4 Å². The SMILES string of the molecule is O=C1c2ccccc2C(=O)N1Cc1nc2ccccc2cc1Br. The van der Waals surface area contributed by atoms with E-state index in [1.165, 1.54) is 4.90 Å². The summed E-state index contributed by atoms with van der Waals surface area (Å²) in [6.07, 6.45) is 0. The molecule has 112 valence electrons. The van der Waals surface area contributed by atoms with Gasteiger partial charge in [-0.05, 0) is 40.2 Å². The molecule has 0 atom stereocenters. The standard InChI is InChI=1S/C18H11BrN2O2/c19-14-9-11-5-1-4-8-15(11)20-16(14)10-21-17(22)12-6-2-3-7-13(12)18(21)23/h1-9H,10H2. The maximum absolute atomic E-state index is 12.4. The van der Waals surface area contributed by atoms with Crippen molar-refractivity contribution in [2.24, 2.45) is 0 Å². The van der Waals surface area contributed by atoms with Gasteiger partial charge in [-0.2, -0.15) is 0 Å². The van der Waals surface area contributed by atoms with E-state index in [4.69, 9.17) is 0 Å². The molecule has 1 aromatic heterocycles. The van der Waals surface area contributed by atoms with Gasteiger partial charge in [-0.3, -0.25) is 14.5 Å². The molecule has 1 aliphatic rings. The van der Waals surface area contributed by atoms with Gasteiger partial charge in [0.15, 0.2) is 0 Å². The number of hydrogen-bond donors (Lipinski definition) is 0. The first-order valence-corrected chi connectivity index (χ1v) is 7.94. The molecule has 0 saturated heterocycles. The Morgan fingerprint density at radius 2 is 1.52 bits per heavy atom. The second kappa shape index (κ2) is 5.28. The van der Waals surface area contributed by atoms with Crippen LogP contribution in [0.25, 0.3) is 10.9 Å². The number of fused-ring (bicyclic) bond motifs is 2. The van der Waals surface area contributed by atoms with Crippen molar-refractivity contribution in [3.05, 3.63) is 75.9 Å². The van der Waals surface area contributed by atoms with Gasteiger partial charge in [0.25, 0.3) is 11.8 Å². The van der Waals surface area contributed by atoms with Gasteiger partial charge in [0.2, 0.25) is 0 Å². The Labute approximate surface area is 140 Å². The fourth-order valence-corrected chi connectivity index (χ4v) is 3.23. The molecular weight excluding hydrogens is 356 g/mol. The molecule has 0 N–H and O–H groups in total. The maximum Gasteiger partial charge on any atom is 0.261 e. The number of aromatic nitrogens is 1. The van der Waals surface area contributed by atoms with Gasteiger partial charge in [0.1, 0.15) is 0 Å². The van der Waals surface area contributed by atoms with E-state index in [1.807, 2.05) is 30.3 Å². The highest BCUT2D eigenvalue weighted by Crippen LogP contribution is 2.27. The minimum atomic E-state index is -0.271. The van der Waals surface area contributed by atoms with Gasteiger partial charge in [0.05, 0.1) is 28.9 Å². The maximum atomic E-state index is 12.4. The Balaban J connectivity index is 1.73. The number of carbonyl (C=O) groups is 2. The number of benzene rings is 2. The van der Waals surface area contributed by atoms with Crippen molar-refractivity contribution in [2.45, 2.75) is 6.54 Å². The van der Waals surface area contributed by atoms with Crippen molar-refractivity contribution >= 4 is 38.6 Å². The lowest BCUT2D eigenvalue weighted by molar-refractivity contribution is 0.0640. The Bertz CT molecular complexity index is 933. The molecular formula is C18H11BrN2O2. The molecule has 0 bridgehead atoms. The first kappa shape index (κ1) is 14.1. The molecule has 3 aromatic rings. The fraction of sp³-hybridized carbons (Fsp3) is 0.0556. The van der Waals surface area contributed by atoms with Crippen molar-refractivity contribution < 1.29 is 9.59 Å². The summed E-state index contributed by atoms with van der Waals surface area (Å²) in [4.78, 5) is 30.7. The zero-order chi connectivity index (χ0) is 16.0. The second-order valence-corrected chi connectivity index (χ2v) is 6.21. The Hall–Kier alpha value is -2.53. The van der Waals surface area contributed by atoms with E-state index in [0.717, 1.165) is 15.4 Å². The average molecular weight is 367 g/mol. The van der Waals surface area contributed by atoms with Crippen molar-refractivity contribution in [1.82, 2.24) is 9.88 Å². The summed E-state index contributed by atoms with van der Waals surface area (Å²) >= 11 is 3.49. The van der Waals surface area contributed by atoms with E-state index in [9.17, 15) is 9.59 Å². The number of hydrogen-bond acceptors (Lipinski definition) is 3. The molecule has 5 heteroatoms. The summed E-state index contributed by atoms with van der Waals surface area (Å²) in [5.74, 6) is -0.542. The fourth-order valence-electron chi connectivity index (χ4n) is 2.77. The van der Waals surface area contributed by atoms with Crippen LogP contribution in [-0.4, -0.2) is 21.7 Å². The van der Waals surface area contributed by atoms with Crippen LogP contribution in [0.4, 0.5) is 0 Å². The molecule has 0 aliphatic carbocycles. The number of amides is 2. The van der Waals surface area contributed by atoms with E-state index in [2.05, 4.69) is 20.9 Å². The Morgan fingerprint density at radius 3 is 2.22 bits per heavy atom. The third-order valence-corrected chi connectivity index (χ3v) is 4.62. The molecule has 0 saturated carbocycles. The van der Waals surface area contributed by atoms with Crippen LogP contribution in [0.15, 0.2) is 59.1 Å². The third-order valence-electron chi connectivity index (χ3n) is 3.94. The lowest BCUT2D eigenvalue weighted by atomic mass is 10.1. The van der Waals surface area contributed by atoms with Crippen LogP contribution in [0.5, 0.6) is 0 Å². The molecule has 0 radical (unpaired) electrons. The number of halogens is 1. The van der Waals surface area contributed by atoms with Gasteiger partial charge >= 0.3 is 0 Å². The number of imide groups is 1. The quantitative estimate of drug-likeness (QED) is 0.648. The number of nitrogens with zero attached hydrogens (tertiary/aromatic N) is 2. The largest absolute Gasteiger partial charge is 0.269 e. The Kier molecular flexibility index (Phi) is 3.23. The van der Waals surface area contributed by atoms with E-state index in [-0.39, 0.29) is 18.4 Å². The molecule has 2 aromatic carbocycles. The van der Waals surface area contributed by atoms with Crippen LogP contribution >= 0.6 is 15.9 Å². The number of pyridine rings is 1. The zero-order valence-electron chi connectivity index (χ0n) is 12.0. The van der Waals surface area contributed by atoms with Crippen LogP contribution in [0, 0.1) is 0 Å². The van der Waals surface area contributed by atoms with Gasteiger partial charge in [-0.25, -0.2) is 4.98 Å². The number of rotatable bonds is 2. The number of para-hydroxylation sites is 1. The van der Waals surface area contributed by atoms with Gasteiger partial charge in [-0.15, -0.1) is 0 Å². The Morgan fingerprint density at radius 1 is 0.913 bits per heavy atom. The molecule has 2 heterocycles. The van der Waals surface area contributed by atoms with Crippen molar-refractivity contribution in [3.63, 3.8) is 0 Å². The summed E-state index contributed by atoms with van der Waals surface area (Å²) in [7, 11) is 0. The molecule has 4 rings (SSSR count). The topological polar surface area (TPSA) is 50.3 Å². The van der Waals surface area contributed by atoms with E-state index in [0.29, 0.717) is 16.8 Å². The van der Waals surface area contributed by atoms with Crippen LogP contribution in [-0.2, 0) is 6.54 Å². The summed E-state index contributed by atoms with van der Waals surface area (Å²) in [5, 5.41) is 1.01. The smallest absolute Gasteiger partial charge is 0.261 e. The molecule has 0 unspecified atom stereocenters. The van der Waals surface area contributed by atoms with E-state index in [1.54, 1.807) is 24.3 Å². The van der Waals surface area contributed by atoms with E-state index >= 15 is 0 Å². The van der Waals surface area contributed by atoms with Gasteiger partial charge < -0.3 is 0 Å². The molecule has 23 heavy (non-hydrogen) atoms. The van der Waals surface area contributed by atoms with Gasteiger partial charge in [-0.1, -0.05) is 30.3 Å². The third kappa shape index (κ3) is 2.24. The first-order chi connectivity index (χ1) is 11.1. The van der Waals surface area contributed by atoms with Crippen LogP contribution in [0.2, 0.25) is 0 Å². The lowest BCUT2D eigenvalue weighted by Crippen LogP contribution is -2.29. The number of carbonyl (C=O) groups excluding carboxylic acids is 2. The van der Waals surface area contributed by atoms with Crippen molar-refractivity contribution in [3.8, 4) is 0 Å². The minimum Gasteiger partial charge on any atom is -0.269 e. The van der Waals surface area contributed by atoms with Gasteiger partial charge in [0, 0.05) is 9.86 Å². The zero-order valence-corrected chi connectivity index (χ0v) is 13.6. The van der Waals surface area contributed by atoms with Crippen molar-refractivity contribution in [2.75, 3.05) is 0 Å². The highest BCUT2D eigenvalue weighted by molar-refractivity contribution is 9.10. The highest BCUT2D eigenvalue weighted by atomic mass is 79.9. The highest BCUT2D eigenvalue weighted by Gasteiger charge is 2.35. The summed E-state index contributed by atoms with van der Waals surface area (Å²) < 4.78 is 0.785. The summed E-state index contributed by atoms with van der Waals surface area (Å²) in [5.41, 5.74) is 2.41. The summed E-state index contributed by atoms with van der Waals surface area (Å²) in [6, 6.07) is 16.6. The van der Waals surface area contributed by atoms with Crippen LogP contribution < -0.4 is 0 Å². The lowest BCUT2D eigenvalue weighted by Gasteiger charge is -2.15. The minimum absolute atomic E-state index is 0.151. The predicted octanol–water partition coefficient (Wildman–Crippen LogP) is 3.79. The molecule has 1 aliphatic heterocycles. The van der Waals surface area contributed by atoms with Crippen molar-refractivity contribution in [1.29, 1.82) is 0 Å². The molecule has 0 fully saturated rings. The molecule has 4 nitrogen and oxygen atoms in total. The molecule has 2 amide bonds. The average Bonchev–Trinajstić information content (AvgIpc) is 2.81. The summed E-state index contributed by atoms with van der Waals surface area (Å²) in [6.45, 7) is 0.151. The normalized spacial score (nSPS) is 13.7.